The van der Waals surface area contributed by atoms with Gasteiger partial charge in [-0.1, -0.05) is 6.07 Å². The van der Waals surface area contributed by atoms with Crippen molar-refractivity contribution in [3.05, 3.63) is 77.6 Å². The number of thiazole rings is 1. The summed E-state index contributed by atoms with van der Waals surface area (Å²) in [5, 5.41) is 4.04. The molecule has 1 N–H and O–H groups in total. The summed E-state index contributed by atoms with van der Waals surface area (Å²) in [6, 6.07) is 18.0. The highest BCUT2D eigenvalue weighted by molar-refractivity contribution is 7.18. The van der Waals surface area contributed by atoms with Gasteiger partial charge >= 0.3 is 0 Å². The van der Waals surface area contributed by atoms with Crippen LogP contribution in [0.5, 0.6) is 5.75 Å². The largest absolute Gasteiger partial charge is 0.493 e. The normalized spacial score (nSPS) is 13.3. The zero-order valence-corrected chi connectivity index (χ0v) is 17.2. The van der Waals surface area contributed by atoms with Crippen LogP contribution in [0, 0.1) is 0 Å². The molecule has 2 heterocycles. The maximum absolute atomic E-state index is 12.0. The van der Waals surface area contributed by atoms with Crippen molar-refractivity contribution in [3.63, 3.8) is 0 Å². The predicted molar refractivity (Wildman–Crippen MR) is 119 cm³/mol. The topological polar surface area (TPSA) is 64.1 Å². The molecule has 6 heteroatoms. The van der Waals surface area contributed by atoms with Crippen molar-refractivity contribution in [3.8, 4) is 16.9 Å². The molecule has 0 spiro atoms. The minimum atomic E-state index is -0.00957. The predicted octanol–water partition coefficient (Wildman–Crippen LogP) is 4.87. The van der Waals surface area contributed by atoms with Crippen molar-refractivity contribution >= 4 is 27.5 Å². The number of ether oxygens (including phenoxy) is 1. The van der Waals surface area contributed by atoms with E-state index in [1.165, 1.54) is 10.3 Å². The smallest absolute Gasteiger partial charge is 0.251 e. The average molecular weight is 416 g/mol. The van der Waals surface area contributed by atoms with Gasteiger partial charge < -0.3 is 10.1 Å². The Morgan fingerprint density at radius 1 is 1.03 bits per heavy atom. The van der Waals surface area contributed by atoms with Crippen LogP contribution in [0.25, 0.3) is 21.3 Å². The Bertz CT molecular complexity index is 1170. The summed E-state index contributed by atoms with van der Waals surface area (Å²) < 4.78 is 7.03. The highest BCUT2D eigenvalue weighted by Gasteiger charge is 2.23. The Morgan fingerprint density at radius 2 is 1.83 bits per heavy atom. The second-order valence-corrected chi connectivity index (χ2v) is 8.51. The number of fused-ring (bicyclic) bond motifs is 1. The third-order valence-corrected chi connectivity index (χ3v) is 6.14. The van der Waals surface area contributed by atoms with Crippen molar-refractivity contribution in [2.75, 3.05) is 6.61 Å². The molecular weight excluding hydrogens is 394 g/mol. The number of nitrogens with zero attached hydrogens (tertiary/aromatic N) is 2. The van der Waals surface area contributed by atoms with Gasteiger partial charge in [0.15, 0.2) is 0 Å². The molecule has 5 nitrogen and oxygen atoms in total. The molecule has 0 radical (unpaired) electrons. The van der Waals surface area contributed by atoms with E-state index in [4.69, 9.17) is 9.72 Å². The van der Waals surface area contributed by atoms with E-state index in [-0.39, 0.29) is 5.91 Å². The first-order chi connectivity index (χ1) is 14.7. The van der Waals surface area contributed by atoms with Crippen LogP contribution < -0.4 is 10.1 Å². The van der Waals surface area contributed by atoms with Crippen LogP contribution in [0.2, 0.25) is 0 Å². The fraction of sp³-hybridized carbons (Fsp3) is 0.208. The molecule has 5 rings (SSSR count). The van der Waals surface area contributed by atoms with E-state index in [9.17, 15) is 4.79 Å². The average Bonchev–Trinajstić information content (AvgIpc) is 3.50. The number of aromatic nitrogens is 2. The molecule has 1 aliphatic rings. The van der Waals surface area contributed by atoms with Crippen molar-refractivity contribution < 1.29 is 9.53 Å². The van der Waals surface area contributed by atoms with Crippen LogP contribution in [0.15, 0.2) is 67.0 Å². The second kappa shape index (κ2) is 8.24. The summed E-state index contributed by atoms with van der Waals surface area (Å²) >= 11 is 1.70. The number of pyridine rings is 1. The van der Waals surface area contributed by atoms with Gasteiger partial charge in [0.25, 0.3) is 5.91 Å². The minimum absolute atomic E-state index is 0.00957. The Labute approximate surface area is 178 Å². The second-order valence-electron chi connectivity index (χ2n) is 7.40. The van der Waals surface area contributed by atoms with Crippen molar-refractivity contribution in [1.29, 1.82) is 0 Å². The van der Waals surface area contributed by atoms with Crippen molar-refractivity contribution in [2.24, 2.45) is 0 Å². The minimum Gasteiger partial charge on any atom is -0.493 e. The molecule has 0 unspecified atom stereocenters. The number of rotatable bonds is 7. The molecule has 0 bridgehead atoms. The number of amides is 1. The fourth-order valence-corrected chi connectivity index (χ4v) is 4.25. The summed E-state index contributed by atoms with van der Waals surface area (Å²) in [6.07, 6.45) is 6.53. The SMILES string of the molecule is O=C(NC1CC1)c1ccc(OCCc2nc3ccc(-c4ccncc4)cc3s2)cc1. The van der Waals surface area contributed by atoms with Crippen LogP contribution in [0.4, 0.5) is 0 Å². The van der Waals surface area contributed by atoms with Gasteiger partial charge in [-0.3, -0.25) is 9.78 Å². The van der Waals surface area contributed by atoms with Crippen LogP contribution in [-0.4, -0.2) is 28.5 Å². The summed E-state index contributed by atoms with van der Waals surface area (Å²) in [5.74, 6) is 0.753. The monoisotopic (exact) mass is 415 g/mol. The molecule has 0 aliphatic heterocycles. The van der Waals surface area contributed by atoms with Crippen molar-refractivity contribution in [2.45, 2.75) is 25.3 Å². The van der Waals surface area contributed by atoms with Gasteiger partial charge in [-0.25, -0.2) is 4.98 Å². The number of nitrogens with one attached hydrogen (secondary N) is 1. The first-order valence-corrected chi connectivity index (χ1v) is 10.9. The summed E-state index contributed by atoms with van der Waals surface area (Å²) in [6.45, 7) is 0.546. The fourth-order valence-electron chi connectivity index (χ4n) is 3.26. The molecule has 150 valence electrons. The van der Waals surface area contributed by atoms with E-state index in [2.05, 4.69) is 28.5 Å². The maximum atomic E-state index is 12.0. The number of carbonyl (C=O) groups is 1. The molecule has 0 saturated heterocycles. The highest BCUT2D eigenvalue weighted by atomic mass is 32.1. The van der Waals surface area contributed by atoms with E-state index in [0.29, 0.717) is 18.2 Å². The number of benzene rings is 2. The van der Waals surface area contributed by atoms with E-state index in [1.807, 2.05) is 36.4 Å². The van der Waals surface area contributed by atoms with Gasteiger partial charge in [0.1, 0.15) is 5.75 Å². The van der Waals surface area contributed by atoms with Gasteiger partial charge in [0.05, 0.1) is 21.8 Å². The lowest BCUT2D eigenvalue weighted by Crippen LogP contribution is -2.25. The van der Waals surface area contributed by atoms with Gasteiger partial charge in [0.2, 0.25) is 0 Å². The van der Waals surface area contributed by atoms with E-state index in [0.717, 1.165) is 41.1 Å². The van der Waals surface area contributed by atoms with Gasteiger partial charge in [0, 0.05) is 30.4 Å². The molecule has 1 saturated carbocycles. The molecular formula is C24H21N3O2S. The first kappa shape index (κ1) is 18.8. The van der Waals surface area contributed by atoms with Crippen LogP contribution >= 0.6 is 11.3 Å². The molecule has 1 fully saturated rings. The van der Waals surface area contributed by atoms with Crippen LogP contribution in [-0.2, 0) is 6.42 Å². The molecule has 2 aromatic carbocycles. The zero-order valence-electron chi connectivity index (χ0n) is 16.4. The Hall–Kier alpha value is -3.25. The highest BCUT2D eigenvalue weighted by Crippen LogP contribution is 2.28. The molecule has 2 aromatic heterocycles. The lowest BCUT2D eigenvalue weighted by atomic mass is 10.1. The standard InChI is InChI=1S/C24H21N3O2S/c28-24(26-19-4-5-19)17-1-6-20(7-2-17)29-14-11-23-27-21-8-3-18(15-22(21)30-23)16-9-12-25-13-10-16/h1-3,6-10,12-13,15,19H,4-5,11,14H2,(H,26,28). The number of hydrogen-bond acceptors (Lipinski definition) is 5. The van der Waals surface area contributed by atoms with Crippen molar-refractivity contribution in [1.82, 2.24) is 15.3 Å². The summed E-state index contributed by atoms with van der Waals surface area (Å²) in [4.78, 5) is 20.8. The van der Waals surface area contributed by atoms with Crippen LogP contribution in [0.3, 0.4) is 0 Å². The third kappa shape index (κ3) is 4.33. The maximum Gasteiger partial charge on any atom is 0.251 e. The van der Waals surface area contributed by atoms with Gasteiger partial charge in [-0.2, -0.15) is 0 Å². The number of carbonyl (C=O) groups excluding carboxylic acids is 1. The van der Waals surface area contributed by atoms with E-state index in [1.54, 1.807) is 23.7 Å². The van der Waals surface area contributed by atoms with E-state index >= 15 is 0 Å². The van der Waals surface area contributed by atoms with Crippen LogP contribution in [0.1, 0.15) is 28.2 Å². The Morgan fingerprint density at radius 3 is 2.60 bits per heavy atom. The Kier molecular flexibility index (Phi) is 5.15. The van der Waals surface area contributed by atoms with E-state index < -0.39 is 0 Å². The van der Waals surface area contributed by atoms with Gasteiger partial charge in [-0.05, 0) is 72.5 Å². The molecule has 1 aliphatic carbocycles. The first-order valence-electron chi connectivity index (χ1n) is 10.1. The molecule has 0 atom stereocenters. The Balaban J connectivity index is 1.19. The lowest BCUT2D eigenvalue weighted by Gasteiger charge is -2.07. The zero-order chi connectivity index (χ0) is 20.3. The number of hydrogen-bond donors (Lipinski definition) is 1. The quantitative estimate of drug-likeness (QED) is 0.468. The summed E-state index contributed by atoms with van der Waals surface area (Å²) in [5.41, 5.74) is 4.01. The molecule has 1 amide bonds. The van der Waals surface area contributed by atoms with Gasteiger partial charge in [-0.15, -0.1) is 11.3 Å². The summed E-state index contributed by atoms with van der Waals surface area (Å²) in [7, 11) is 0. The molecule has 4 aromatic rings. The third-order valence-electron chi connectivity index (χ3n) is 5.06. The molecule has 30 heavy (non-hydrogen) atoms. The lowest BCUT2D eigenvalue weighted by molar-refractivity contribution is 0.0951.